The fraction of sp³-hybridized carbons (Fsp3) is 0.364. The van der Waals surface area contributed by atoms with Crippen LogP contribution < -0.4 is 10.1 Å². The number of halogens is 1. The summed E-state index contributed by atoms with van der Waals surface area (Å²) in [5.41, 5.74) is 1.18. The Balaban J connectivity index is 1.55. The number of hydrogen-bond acceptors (Lipinski definition) is 7. The van der Waals surface area contributed by atoms with Crippen molar-refractivity contribution in [1.29, 1.82) is 0 Å². The first-order chi connectivity index (χ1) is 14.9. The smallest absolute Gasteiger partial charge is 0.306 e. The average Bonchev–Trinajstić information content (AvgIpc) is 3.25. The number of methoxy groups -OCH3 is 1. The van der Waals surface area contributed by atoms with Gasteiger partial charge in [0.05, 0.1) is 17.9 Å². The summed E-state index contributed by atoms with van der Waals surface area (Å²) in [6.07, 6.45) is 4.33. The molecule has 0 unspecified atom stereocenters. The summed E-state index contributed by atoms with van der Waals surface area (Å²) in [4.78, 5) is 24.8. The molecule has 0 spiro atoms. The quantitative estimate of drug-likeness (QED) is 0.548. The Bertz CT molecular complexity index is 1100. The molecule has 2 heterocycles. The van der Waals surface area contributed by atoms with E-state index in [0.29, 0.717) is 29.7 Å². The molecule has 2 aromatic heterocycles. The number of carboxylic acid groups (broad SMARTS) is 1. The molecular formula is C22H23FN4O3S. The van der Waals surface area contributed by atoms with Crippen molar-refractivity contribution in [1.82, 2.24) is 15.0 Å². The molecule has 1 aliphatic rings. The Morgan fingerprint density at radius 2 is 2.06 bits per heavy atom. The first-order valence-electron chi connectivity index (χ1n) is 10.0. The number of anilines is 2. The van der Waals surface area contributed by atoms with Crippen LogP contribution in [0.25, 0.3) is 10.4 Å². The van der Waals surface area contributed by atoms with E-state index >= 15 is 4.39 Å². The lowest BCUT2D eigenvalue weighted by Crippen LogP contribution is -2.30. The van der Waals surface area contributed by atoms with Crippen LogP contribution in [-0.4, -0.2) is 33.1 Å². The predicted octanol–water partition coefficient (Wildman–Crippen LogP) is 5.10. The second-order valence-electron chi connectivity index (χ2n) is 7.74. The molecule has 7 nitrogen and oxygen atoms in total. The highest BCUT2D eigenvalue weighted by atomic mass is 32.1. The van der Waals surface area contributed by atoms with Crippen molar-refractivity contribution in [2.24, 2.45) is 5.92 Å². The number of nitrogens with one attached hydrogen (secondary N) is 1. The van der Waals surface area contributed by atoms with Crippen molar-refractivity contribution in [3.63, 3.8) is 0 Å². The fourth-order valence-corrected chi connectivity index (χ4v) is 4.84. The van der Waals surface area contributed by atoms with E-state index in [-0.39, 0.29) is 12.8 Å². The summed E-state index contributed by atoms with van der Waals surface area (Å²) in [7, 11) is 1.55. The third-order valence-electron chi connectivity index (χ3n) is 5.47. The summed E-state index contributed by atoms with van der Waals surface area (Å²) in [5, 5.41) is 12.8. The highest BCUT2D eigenvalue weighted by Gasteiger charge is 2.41. The van der Waals surface area contributed by atoms with E-state index in [1.54, 1.807) is 25.6 Å². The van der Waals surface area contributed by atoms with Gasteiger partial charge in [-0.2, -0.15) is 4.98 Å². The first kappa shape index (κ1) is 21.2. The fourth-order valence-electron chi connectivity index (χ4n) is 3.79. The molecule has 0 amide bonds. The van der Waals surface area contributed by atoms with Crippen LogP contribution in [0, 0.1) is 12.8 Å². The monoisotopic (exact) mass is 442 g/mol. The van der Waals surface area contributed by atoms with E-state index < -0.39 is 17.6 Å². The molecule has 0 atom stereocenters. The number of carboxylic acids is 1. The summed E-state index contributed by atoms with van der Waals surface area (Å²) < 4.78 is 20.6. The molecule has 0 radical (unpaired) electrons. The molecule has 9 heteroatoms. The molecule has 31 heavy (non-hydrogen) atoms. The summed E-state index contributed by atoms with van der Waals surface area (Å²) in [6, 6.07) is 7.60. The molecule has 1 fully saturated rings. The topological polar surface area (TPSA) is 97.2 Å². The van der Waals surface area contributed by atoms with Gasteiger partial charge in [0.2, 0.25) is 11.8 Å². The van der Waals surface area contributed by atoms with Gasteiger partial charge < -0.3 is 15.2 Å². The second-order valence-corrected chi connectivity index (χ2v) is 8.77. The number of alkyl halides is 1. The molecule has 162 valence electrons. The number of thiazole rings is 1. The van der Waals surface area contributed by atoms with E-state index in [1.165, 1.54) is 11.3 Å². The third kappa shape index (κ3) is 4.66. The van der Waals surface area contributed by atoms with Gasteiger partial charge in [-0.3, -0.25) is 4.79 Å². The number of benzene rings is 1. The van der Waals surface area contributed by atoms with Gasteiger partial charge in [-0.05, 0) is 55.9 Å². The van der Waals surface area contributed by atoms with Crippen LogP contribution in [0.15, 0.2) is 36.7 Å². The third-order valence-corrected chi connectivity index (χ3v) is 6.70. The van der Waals surface area contributed by atoms with Crippen LogP contribution in [0.3, 0.4) is 0 Å². The molecule has 3 aromatic rings. The number of carbonyl (C=O) groups is 1. The van der Waals surface area contributed by atoms with Gasteiger partial charge in [0.25, 0.3) is 0 Å². The number of aliphatic carboxylic acids is 1. The highest BCUT2D eigenvalue weighted by Crippen LogP contribution is 2.45. The Hall–Kier alpha value is -3.07. The number of hydrogen-bond donors (Lipinski definition) is 2. The minimum Gasteiger partial charge on any atom is -0.481 e. The van der Waals surface area contributed by atoms with E-state index in [0.717, 1.165) is 21.7 Å². The number of nitrogens with zero attached hydrogens (tertiary/aromatic N) is 3. The highest BCUT2D eigenvalue weighted by molar-refractivity contribution is 7.15. The summed E-state index contributed by atoms with van der Waals surface area (Å²) >= 11 is 1.32. The zero-order valence-corrected chi connectivity index (χ0v) is 18.1. The molecule has 1 aromatic carbocycles. The summed E-state index contributed by atoms with van der Waals surface area (Å²) in [6.45, 7) is 1.98. The zero-order valence-electron chi connectivity index (χ0n) is 17.3. The number of aryl methyl sites for hydroxylation is 1. The van der Waals surface area contributed by atoms with E-state index in [1.807, 2.05) is 25.1 Å². The van der Waals surface area contributed by atoms with Gasteiger partial charge >= 0.3 is 5.97 Å². The van der Waals surface area contributed by atoms with Crippen molar-refractivity contribution in [2.45, 2.75) is 38.3 Å². The normalized spacial score (nSPS) is 20.9. The largest absolute Gasteiger partial charge is 0.481 e. The maximum Gasteiger partial charge on any atom is 0.306 e. The van der Waals surface area contributed by atoms with Crippen molar-refractivity contribution in [3.05, 3.63) is 47.2 Å². The van der Waals surface area contributed by atoms with Crippen LogP contribution >= 0.6 is 11.3 Å². The summed E-state index contributed by atoms with van der Waals surface area (Å²) in [5.74, 6) is -0.434. The SMILES string of the molecule is COc1ccnc(Nc2cc(C)cc(-c3cnc([C@]4(F)CC[C@@H](C(=O)O)CC4)s3)c2)n1. The Labute approximate surface area is 183 Å². The van der Waals surface area contributed by atoms with Gasteiger partial charge in [0.15, 0.2) is 5.67 Å². The second kappa shape index (κ2) is 8.58. The van der Waals surface area contributed by atoms with Crippen molar-refractivity contribution in [3.8, 4) is 16.3 Å². The van der Waals surface area contributed by atoms with Gasteiger partial charge in [0.1, 0.15) is 5.01 Å². The first-order valence-corrected chi connectivity index (χ1v) is 10.8. The molecule has 0 saturated heterocycles. The van der Waals surface area contributed by atoms with E-state index in [4.69, 9.17) is 9.84 Å². The average molecular weight is 443 g/mol. The lowest BCUT2D eigenvalue weighted by atomic mass is 9.80. The van der Waals surface area contributed by atoms with Crippen LogP contribution in [-0.2, 0) is 10.5 Å². The lowest BCUT2D eigenvalue weighted by Gasteiger charge is -2.30. The van der Waals surface area contributed by atoms with Crippen molar-refractivity contribution >= 4 is 28.9 Å². The van der Waals surface area contributed by atoms with Crippen molar-refractivity contribution in [2.75, 3.05) is 12.4 Å². The molecule has 1 saturated carbocycles. The van der Waals surface area contributed by atoms with Crippen LogP contribution in [0.1, 0.15) is 36.3 Å². The Morgan fingerprint density at radius 1 is 1.29 bits per heavy atom. The predicted molar refractivity (Wildman–Crippen MR) is 117 cm³/mol. The standard InChI is InChI=1S/C22H23FN4O3S/c1-13-9-15(11-16(10-13)26-21-24-8-5-18(27-21)30-2)17-12-25-20(31-17)22(23)6-3-14(4-7-22)19(28)29/h5,8-12,14H,3-4,6-7H2,1-2H3,(H,28,29)(H,24,26,27)/t14-,22+. The minimum absolute atomic E-state index is 0.185. The molecule has 0 bridgehead atoms. The number of ether oxygens (including phenoxy) is 1. The molecule has 0 aliphatic heterocycles. The maximum absolute atomic E-state index is 15.5. The van der Waals surface area contributed by atoms with Gasteiger partial charge in [-0.25, -0.2) is 14.4 Å². The zero-order chi connectivity index (χ0) is 22.0. The van der Waals surface area contributed by atoms with E-state index in [9.17, 15) is 4.79 Å². The Morgan fingerprint density at radius 3 is 2.77 bits per heavy atom. The van der Waals surface area contributed by atoms with Crippen LogP contribution in [0.2, 0.25) is 0 Å². The Kier molecular flexibility index (Phi) is 5.86. The molecular weight excluding hydrogens is 419 g/mol. The van der Waals surface area contributed by atoms with Crippen LogP contribution in [0.4, 0.5) is 16.0 Å². The van der Waals surface area contributed by atoms with Crippen LogP contribution in [0.5, 0.6) is 5.88 Å². The van der Waals surface area contributed by atoms with Gasteiger partial charge in [0, 0.05) is 24.1 Å². The van der Waals surface area contributed by atoms with Gasteiger partial charge in [-0.1, -0.05) is 6.07 Å². The van der Waals surface area contributed by atoms with E-state index in [2.05, 4.69) is 20.3 Å². The minimum atomic E-state index is -1.56. The molecule has 2 N–H and O–H groups in total. The maximum atomic E-state index is 15.5. The van der Waals surface area contributed by atoms with Gasteiger partial charge in [-0.15, -0.1) is 11.3 Å². The van der Waals surface area contributed by atoms with Crippen molar-refractivity contribution < 1.29 is 19.0 Å². The molecule has 4 rings (SSSR count). The number of rotatable bonds is 6. The lowest BCUT2D eigenvalue weighted by molar-refractivity contribution is -0.143. The molecule has 1 aliphatic carbocycles. The number of aromatic nitrogens is 3.